The Hall–Kier alpha value is -1.02. The molecule has 1 amide bonds. The van der Waals surface area contributed by atoms with Gasteiger partial charge in [0.25, 0.3) is 0 Å². The molecule has 1 saturated carbocycles. The molecule has 0 saturated heterocycles. The molecule has 0 atom stereocenters. The monoisotopic (exact) mass is 421 g/mol. The van der Waals surface area contributed by atoms with Crippen molar-refractivity contribution in [1.82, 2.24) is 0 Å². The lowest BCUT2D eigenvalue weighted by molar-refractivity contribution is -0.123. The zero-order valence-electron chi connectivity index (χ0n) is 11.4. The summed E-state index contributed by atoms with van der Waals surface area (Å²) in [4.78, 5) is 12.7. The van der Waals surface area contributed by atoms with Gasteiger partial charge in [0, 0.05) is 3.57 Å². The van der Waals surface area contributed by atoms with Gasteiger partial charge in [-0.05, 0) is 53.6 Å². The Morgan fingerprint density at radius 3 is 2.62 bits per heavy atom. The largest absolute Gasteiger partial charge is 0.409 e. The topological polar surface area (TPSA) is 87.7 Å². The van der Waals surface area contributed by atoms with Crippen LogP contribution in [0.25, 0.3) is 0 Å². The van der Waals surface area contributed by atoms with Crippen LogP contribution in [0.3, 0.4) is 0 Å². The highest BCUT2D eigenvalue weighted by Crippen LogP contribution is 2.38. The molecule has 1 aliphatic rings. The third-order valence-electron chi connectivity index (χ3n) is 3.92. The summed E-state index contributed by atoms with van der Waals surface area (Å²) in [7, 11) is 0. The predicted molar refractivity (Wildman–Crippen MR) is 91.7 cm³/mol. The molecule has 0 bridgehead atoms. The van der Waals surface area contributed by atoms with E-state index in [2.05, 4.69) is 33.1 Å². The second kappa shape index (κ2) is 6.83. The number of amidine groups is 1. The number of rotatable bonds is 3. The van der Waals surface area contributed by atoms with E-state index in [9.17, 15) is 4.79 Å². The third kappa shape index (κ3) is 3.42. The maximum Gasteiger partial charge on any atom is 0.238 e. The summed E-state index contributed by atoms with van der Waals surface area (Å²) in [6.45, 7) is 0. The molecule has 5 nitrogen and oxygen atoms in total. The number of carbonyl (C=O) groups is 1. The number of oxime groups is 1. The van der Waals surface area contributed by atoms with E-state index >= 15 is 0 Å². The van der Waals surface area contributed by atoms with Gasteiger partial charge in [0.1, 0.15) is 5.41 Å². The smallest absolute Gasteiger partial charge is 0.238 e. The number of carbonyl (C=O) groups excluding carboxylic acids is 1. The molecule has 1 fully saturated rings. The van der Waals surface area contributed by atoms with Gasteiger partial charge in [0.2, 0.25) is 5.91 Å². The fraction of sp³-hybridized carbons (Fsp3) is 0.429. The number of nitrogens with one attached hydrogen (secondary N) is 1. The number of benzene rings is 1. The molecule has 0 radical (unpaired) electrons. The standard InChI is InChI=1S/C14H17ClIN3O2/c15-10-8-9(16)4-5-11(10)18-13(20)14(12(17)19-21)6-2-1-3-7-14/h4-5,8,21H,1-3,6-7H2,(H2,17,19)(H,18,20). The van der Waals surface area contributed by atoms with Crippen LogP contribution in [-0.4, -0.2) is 17.0 Å². The summed E-state index contributed by atoms with van der Waals surface area (Å²) in [6.07, 6.45) is 3.97. The first-order valence-corrected chi connectivity index (χ1v) is 8.20. The summed E-state index contributed by atoms with van der Waals surface area (Å²) in [5, 5.41) is 15.4. The number of nitrogens with zero attached hydrogens (tertiary/aromatic N) is 1. The molecule has 1 aliphatic carbocycles. The summed E-state index contributed by atoms with van der Waals surface area (Å²) >= 11 is 8.29. The zero-order chi connectivity index (χ0) is 15.5. The van der Waals surface area contributed by atoms with Crippen molar-refractivity contribution < 1.29 is 10.0 Å². The SMILES string of the molecule is N/C(=N/O)C1(C(=O)Nc2ccc(I)cc2Cl)CCCCC1. The van der Waals surface area contributed by atoms with Gasteiger partial charge < -0.3 is 16.3 Å². The summed E-state index contributed by atoms with van der Waals surface area (Å²) in [5.41, 5.74) is 5.40. The Bertz CT molecular complexity index is 571. The number of halogens is 2. The van der Waals surface area contributed by atoms with Gasteiger partial charge in [-0.2, -0.15) is 0 Å². The summed E-state index contributed by atoms with van der Waals surface area (Å²) < 4.78 is 0.986. The van der Waals surface area contributed by atoms with Crippen molar-refractivity contribution in [2.45, 2.75) is 32.1 Å². The predicted octanol–water partition coefficient (Wildman–Crippen LogP) is 3.58. The minimum Gasteiger partial charge on any atom is -0.409 e. The van der Waals surface area contributed by atoms with Crippen LogP contribution in [0, 0.1) is 8.99 Å². The van der Waals surface area contributed by atoms with Gasteiger partial charge in [0.15, 0.2) is 5.84 Å². The molecule has 4 N–H and O–H groups in total. The lowest BCUT2D eigenvalue weighted by Gasteiger charge is -2.34. The molecule has 7 heteroatoms. The average molecular weight is 422 g/mol. The Kier molecular flexibility index (Phi) is 5.32. The lowest BCUT2D eigenvalue weighted by Crippen LogP contribution is -2.48. The van der Waals surface area contributed by atoms with Crippen LogP contribution in [0.1, 0.15) is 32.1 Å². The van der Waals surface area contributed by atoms with Crippen molar-refractivity contribution in [1.29, 1.82) is 0 Å². The quantitative estimate of drug-likeness (QED) is 0.229. The first-order chi connectivity index (χ1) is 9.99. The molecule has 0 aromatic heterocycles. The highest BCUT2D eigenvalue weighted by molar-refractivity contribution is 14.1. The second-order valence-electron chi connectivity index (χ2n) is 5.21. The molecule has 0 spiro atoms. The highest BCUT2D eigenvalue weighted by atomic mass is 127. The minimum atomic E-state index is -0.945. The maximum atomic E-state index is 12.7. The molecule has 1 aromatic rings. The Morgan fingerprint density at radius 1 is 1.38 bits per heavy atom. The molecular weight excluding hydrogens is 405 g/mol. The first kappa shape index (κ1) is 16.4. The Labute approximate surface area is 142 Å². The molecule has 21 heavy (non-hydrogen) atoms. The van der Waals surface area contributed by atoms with Crippen molar-refractivity contribution in [3.05, 3.63) is 26.8 Å². The van der Waals surface area contributed by atoms with E-state index < -0.39 is 5.41 Å². The van der Waals surface area contributed by atoms with Gasteiger partial charge in [-0.1, -0.05) is 36.0 Å². The number of hydrogen-bond acceptors (Lipinski definition) is 3. The van der Waals surface area contributed by atoms with E-state index in [0.29, 0.717) is 23.6 Å². The van der Waals surface area contributed by atoms with Crippen LogP contribution in [0.4, 0.5) is 5.69 Å². The number of hydrogen-bond donors (Lipinski definition) is 3. The van der Waals surface area contributed by atoms with Crippen LogP contribution in [0.15, 0.2) is 23.4 Å². The third-order valence-corrected chi connectivity index (χ3v) is 4.90. The zero-order valence-corrected chi connectivity index (χ0v) is 14.3. The molecule has 1 aromatic carbocycles. The van der Waals surface area contributed by atoms with E-state index in [1.807, 2.05) is 6.07 Å². The molecule has 114 valence electrons. The van der Waals surface area contributed by atoms with E-state index in [-0.39, 0.29) is 11.7 Å². The van der Waals surface area contributed by atoms with Crippen LogP contribution in [0.5, 0.6) is 0 Å². The second-order valence-corrected chi connectivity index (χ2v) is 6.86. The lowest BCUT2D eigenvalue weighted by atomic mass is 9.72. The van der Waals surface area contributed by atoms with Crippen LogP contribution < -0.4 is 11.1 Å². The van der Waals surface area contributed by atoms with Crippen LogP contribution in [-0.2, 0) is 4.79 Å². The summed E-state index contributed by atoms with van der Waals surface area (Å²) in [6, 6.07) is 5.39. The average Bonchev–Trinajstić information content (AvgIpc) is 2.49. The number of nitrogens with two attached hydrogens (primary N) is 1. The molecule has 0 unspecified atom stereocenters. The maximum absolute atomic E-state index is 12.7. The van der Waals surface area contributed by atoms with Gasteiger partial charge >= 0.3 is 0 Å². The van der Waals surface area contributed by atoms with Gasteiger partial charge in [0.05, 0.1) is 10.7 Å². The highest BCUT2D eigenvalue weighted by Gasteiger charge is 2.44. The van der Waals surface area contributed by atoms with Crippen LogP contribution in [0.2, 0.25) is 5.02 Å². The summed E-state index contributed by atoms with van der Waals surface area (Å²) in [5.74, 6) is -0.290. The Balaban J connectivity index is 2.27. The van der Waals surface area contributed by atoms with E-state index in [1.54, 1.807) is 12.1 Å². The molecule has 0 aliphatic heterocycles. The van der Waals surface area contributed by atoms with E-state index in [4.69, 9.17) is 22.5 Å². The first-order valence-electron chi connectivity index (χ1n) is 6.74. The van der Waals surface area contributed by atoms with Crippen molar-refractivity contribution in [3.8, 4) is 0 Å². The van der Waals surface area contributed by atoms with E-state index in [1.165, 1.54) is 0 Å². The van der Waals surface area contributed by atoms with Crippen molar-refractivity contribution in [2.75, 3.05) is 5.32 Å². The minimum absolute atomic E-state index is 0.0265. The van der Waals surface area contributed by atoms with E-state index in [0.717, 1.165) is 22.8 Å². The fourth-order valence-corrected chi connectivity index (χ4v) is 3.59. The van der Waals surface area contributed by atoms with Crippen molar-refractivity contribution >= 4 is 51.6 Å². The molecule has 2 rings (SSSR count). The normalized spacial score (nSPS) is 18.3. The van der Waals surface area contributed by atoms with Gasteiger partial charge in [-0.15, -0.1) is 0 Å². The van der Waals surface area contributed by atoms with Crippen molar-refractivity contribution in [2.24, 2.45) is 16.3 Å². The van der Waals surface area contributed by atoms with Crippen molar-refractivity contribution in [3.63, 3.8) is 0 Å². The Morgan fingerprint density at radius 2 is 2.05 bits per heavy atom. The van der Waals surface area contributed by atoms with Gasteiger partial charge in [-0.3, -0.25) is 4.79 Å². The molecule has 0 heterocycles. The molecular formula is C14H17ClIN3O2. The van der Waals surface area contributed by atoms with Gasteiger partial charge in [-0.25, -0.2) is 0 Å². The number of anilines is 1. The number of amides is 1. The fourth-order valence-electron chi connectivity index (χ4n) is 2.68. The van der Waals surface area contributed by atoms with Crippen LogP contribution >= 0.6 is 34.2 Å².